The highest BCUT2D eigenvalue weighted by atomic mass is 35.5. The number of aliphatic hydroxyl groups excluding tert-OH is 1. The Labute approximate surface area is 109 Å². The van der Waals surface area contributed by atoms with Gasteiger partial charge < -0.3 is 9.84 Å². The van der Waals surface area contributed by atoms with Crippen LogP contribution in [0.2, 0.25) is 5.02 Å². The molecule has 0 aromatic heterocycles. The summed E-state index contributed by atoms with van der Waals surface area (Å²) in [7, 11) is 0. The maximum atomic E-state index is 9.75. The van der Waals surface area contributed by atoms with Crippen LogP contribution in [0.15, 0.2) is 18.2 Å². The average molecular weight is 257 g/mol. The van der Waals surface area contributed by atoms with E-state index in [0.717, 1.165) is 18.4 Å². The van der Waals surface area contributed by atoms with Crippen molar-refractivity contribution in [2.75, 3.05) is 6.61 Å². The van der Waals surface area contributed by atoms with E-state index in [0.29, 0.717) is 23.3 Å². The van der Waals surface area contributed by atoms with E-state index >= 15 is 0 Å². The van der Waals surface area contributed by atoms with Gasteiger partial charge in [-0.3, -0.25) is 0 Å². The Morgan fingerprint density at radius 1 is 1.29 bits per heavy atom. The molecule has 1 N–H and O–H groups in total. The second-order valence-electron chi connectivity index (χ2n) is 4.87. The van der Waals surface area contributed by atoms with Crippen LogP contribution < -0.4 is 4.74 Å². The van der Waals surface area contributed by atoms with E-state index in [1.807, 2.05) is 25.1 Å². The molecular weight excluding hydrogens is 236 g/mol. The molecule has 1 rings (SSSR count). The van der Waals surface area contributed by atoms with Crippen LogP contribution in [0, 0.1) is 12.8 Å². The Kier molecular flexibility index (Phi) is 5.79. The van der Waals surface area contributed by atoms with Crippen molar-refractivity contribution in [3.8, 4) is 5.75 Å². The molecule has 1 unspecified atom stereocenters. The van der Waals surface area contributed by atoms with Gasteiger partial charge in [0, 0.05) is 0 Å². The second-order valence-corrected chi connectivity index (χ2v) is 5.28. The van der Waals surface area contributed by atoms with Crippen LogP contribution in [-0.4, -0.2) is 17.8 Å². The van der Waals surface area contributed by atoms with Crippen LogP contribution in [-0.2, 0) is 0 Å². The van der Waals surface area contributed by atoms with Gasteiger partial charge >= 0.3 is 0 Å². The second kappa shape index (κ2) is 6.87. The maximum absolute atomic E-state index is 9.75. The molecule has 0 aliphatic carbocycles. The molecule has 1 atom stereocenters. The summed E-state index contributed by atoms with van der Waals surface area (Å²) in [5.74, 6) is 1.25. The highest BCUT2D eigenvalue weighted by molar-refractivity contribution is 6.32. The van der Waals surface area contributed by atoms with Crippen LogP contribution in [0.5, 0.6) is 5.75 Å². The molecule has 0 heterocycles. The third-order valence-electron chi connectivity index (χ3n) is 2.60. The molecule has 2 nitrogen and oxygen atoms in total. The van der Waals surface area contributed by atoms with Gasteiger partial charge in [0.2, 0.25) is 0 Å². The molecule has 0 radical (unpaired) electrons. The van der Waals surface area contributed by atoms with Crippen molar-refractivity contribution in [2.24, 2.45) is 5.92 Å². The zero-order chi connectivity index (χ0) is 12.8. The molecule has 1 aromatic carbocycles. The summed E-state index contributed by atoms with van der Waals surface area (Å²) in [6.07, 6.45) is 1.35. The number of benzene rings is 1. The summed E-state index contributed by atoms with van der Waals surface area (Å²) in [5, 5.41) is 10.3. The van der Waals surface area contributed by atoms with Crippen molar-refractivity contribution in [1.29, 1.82) is 0 Å². The summed E-state index contributed by atoms with van der Waals surface area (Å²) in [6, 6.07) is 5.63. The molecule has 0 aliphatic rings. The van der Waals surface area contributed by atoms with Crippen LogP contribution in [0.4, 0.5) is 0 Å². The van der Waals surface area contributed by atoms with Crippen LogP contribution in [0.3, 0.4) is 0 Å². The Bertz CT molecular complexity index is 350. The summed E-state index contributed by atoms with van der Waals surface area (Å²) in [6.45, 7) is 6.57. The van der Waals surface area contributed by atoms with Crippen molar-refractivity contribution < 1.29 is 9.84 Å². The van der Waals surface area contributed by atoms with E-state index in [4.69, 9.17) is 16.3 Å². The van der Waals surface area contributed by atoms with Crippen molar-refractivity contribution >= 4 is 11.6 Å². The lowest BCUT2D eigenvalue weighted by atomic mass is 10.1. The highest BCUT2D eigenvalue weighted by Crippen LogP contribution is 2.25. The lowest BCUT2D eigenvalue weighted by Crippen LogP contribution is -2.18. The topological polar surface area (TPSA) is 29.5 Å². The number of aliphatic hydroxyl groups is 1. The van der Waals surface area contributed by atoms with Crippen LogP contribution in [0.25, 0.3) is 0 Å². The third-order valence-corrected chi connectivity index (χ3v) is 2.91. The number of rotatable bonds is 6. The molecule has 0 spiro atoms. The molecule has 3 heteroatoms. The SMILES string of the molecule is Cc1ccc(Cl)c(OCC(O)CCC(C)C)c1. The van der Waals surface area contributed by atoms with Crippen LogP contribution in [0.1, 0.15) is 32.3 Å². The van der Waals surface area contributed by atoms with Gasteiger partial charge in [-0.1, -0.05) is 31.5 Å². The lowest BCUT2D eigenvalue weighted by molar-refractivity contribution is 0.0950. The molecule has 0 bridgehead atoms. The van der Waals surface area contributed by atoms with E-state index in [2.05, 4.69) is 13.8 Å². The van der Waals surface area contributed by atoms with Crippen LogP contribution >= 0.6 is 11.6 Å². The molecule has 17 heavy (non-hydrogen) atoms. The first kappa shape index (κ1) is 14.3. The van der Waals surface area contributed by atoms with Gasteiger partial charge in [0.25, 0.3) is 0 Å². The number of aryl methyl sites for hydroxylation is 1. The first-order valence-electron chi connectivity index (χ1n) is 6.06. The van der Waals surface area contributed by atoms with Gasteiger partial charge in [-0.15, -0.1) is 0 Å². The predicted octanol–water partition coefficient (Wildman–Crippen LogP) is 3.82. The molecule has 1 aromatic rings. The molecule has 96 valence electrons. The molecular formula is C14H21ClO2. The van der Waals surface area contributed by atoms with Gasteiger partial charge in [-0.05, 0) is 43.4 Å². The van der Waals surface area contributed by atoms with Crippen molar-refractivity contribution in [1.82, 2.24) is 0 Å². The maximum Gasteiger partial charge on any atom is 0.138 e. The van der Waals surface area contributed by atoms with Gasteiger partial charge in [-0.2, -0.15) is 0 Å². The van der Waals surface area contributed by atoms with Crippen molar-refractivity contribution in [3.63, 3.8) is 0 Å². The number of hydrogen-bond donors (Lipinski definition) is 1. The quantitative estimate of drug-likeness (QED) is 0.838. The fourth-order valence-corrected chi connectivity index (χ4v) is 1.69. The van der Waals surface area contributed by atoms with Gasteiger partial charge in [-0.25, -0.2) is 0 Å². The van der Waals surface area contributed by atoms with E-state index in [1.54, 1.807) is 0 Å². The first-order chi connectivity index (χ1) is 7.99. The minimum Gasteiger partial charge on any atom is -0.489 e. The number of halogens is 1. The summed E-state index contributed by atoms with van der Waals surface area (Å²) < 4.78 is 5.53. The van der Waals surface area contributed by atoms with E-state index in [9.17, 15) is 5.11 Å². The number of ether oxygens (including phenoxy) is 1. The minimum absolute atomic E-state index is 0.301. The highest BCUT2D eigenvalue weighted by Gasteiger charge is 2.08. The smallest absolute Gasteiger partial charge is 0.138 e. The predicted molar refractivity (Wildman–Crippen MR) is 71.8 cm³/mol. The molecule has 0 fully saturated rings. The number of hydrogen-bond acceptors (Lipinski definition) is 2. The Balaban J connectivity index is 2.41. The van der Waals surface area contributed by atoms with Crippen molar-refractivity contribution in [3.05, 3.63) is 28.8 Å². The third kappa shape index (κ3) is 5.42. The Morgan fingerprint density at radius 3 is 2.65 bits per heavy atom. The molecule has 0 amide bonds. The summed E-state index contributed by atoms with van der Waals surface area (Å²) >= 11 is 6.00. The van der Waals surface area contributed by atoms with E-state index in [-0.39, 0.29) is 0 Å². The molecule has 0 saturated heterocycles. The Hall–Kier alpha value is -0.730. The average Bonchev–Trinajstić information content (AvgIpc) is 2.27. The molecule has 0 aliphatic heterocycles. The van der Waals surface area contributed by atoms with E-state index < -0.39 is 6.10 Å². The van der Waals surface area contributed by atoms with Gasteiger partial charge in [0.1, 0.15) is 12.4 Å². The summed E-state index contributed by atoms with van der Waals surface area (Å²) in [5.41, 5.74) is 1.10. The van der Waals surface area contributed by atoms with E-state index in [1.165, 1.54) is 0 Å². The van der Waals surface area contributed by atoms with Crippen molar-refractivity contribution in [2.45, 2.75) is 39.7 Å². The monoisotopic (exact) mass is 256 g/mol. The summed E-state index contributed by atoms with van der Waals surface area (Å²) in [4.78, 5) is 0. The standard InChI is InChI=1S/C14H21ClO2/c1-10(2)4-6-12(16)9-17-14-8-11(3)5-7-13(14)15/h5,7-8,10,12,16H,4,6,9H2,1-3H3. The zero-order valence-electron chi connectivity index (χ0n) is 10.7. The largest absolute Gasteiger partial charge is 0.489 e. The minimum atomic E-state index is -0.422. The Morgan fingerprint density at radius 2 is 2.00 bits per heavy atom. The normalized spacial score (nSPS) is 12.8. The fraction of sp³-hybridized carbons (Fsp3) is 0.571. The van der Waals surface area contributed by atoms with Gasteiger partial charge in [0.15, 0.2) is 0 Å². The first-order valence-corrected chi connectivity index (χ1v) is 6.44. The van der Waals surface area contributed by atoms with Gasteiger partial charge in [0.05, 0.1) is 11.1 Å². The fourth-order valence-electron chi connectivity index (χ4n) is 1.52. The zero-order valence-corrected chi connectivity index (χ0v) is 11.5. The molecule has 0 saturated carbocycles. The lowest BCUT2D eigenvalue weighted by Gasteiger charge is -2.14.